The first-order valence-electron chi connectivity index (χ1n) is 6.53. The standard InChI is InChI=1S/C18H13N/c1-3-9-16-14(7-1)15-8-2-4-10-17(15)18(16)13-6-5-11-19-12-13/h1-12,18H. The summed E-state index contributed by atoms with van der Waals surface area (Å²) in [5, 5.41) is 0. The van der Waals surface area contributed by atoms with Gasteiger partial charge in [-0.05, 0) is 33.9 Å². The van der Waals surface area contributed by atoms with Gasteiger partial charge in [-0.25, -0.2) is 0 Å². The van der Waals surface area contributed by atoms with Crippen LogP contribution in [0, 0.1) is 0 Å². The second-order valence-corrected chi connectivity index (χ2v) is 4.89. The molecule has 90 valence electrons. The monoisotopic (exact) mass is 243 g/mol. The number of rotatable bonds is 1. The van der Waals surface area contributed by atoms with Crippen LogP contribution >= 0.6 is 0 Å². The zero-order valence-corrected chi connectivity index (χ0v) is 10.5. The number of fused-ring (bicyclic) bond motifs is 3. The van der Waals surface area contributed by atoms with Crippen molar-refractivity contribution in [1.29, 1.82) is 0 Å². The molecule has 0 spiro atoms. The van der Waals surface area contributed by atoms with E-state index in [4.69, 9.17) is 0 Å². The van der Waals surface area contributed by atoms with Gasteiger partial charge in [0.15, 0.2) is 0 Å². The van der Waals surface area contributed by atoms with Crippen LogP contribution in [0.4, 0.5) is 0 Å². The number of pyridine rings is 1. The highest BCUT2D eigenvalue weighted by Crippen LogP contribution is 2.47. The lowest BCUT2D eigenvalue weighted by molar-refractivity contribution is 0.997. The minimum Gasteiger partial charge on any atom is -0.264 e. The van der Waals surface area contributed by atoms with Crippen LogP contribution in [0.25, 0.3) is 11.1 Å². The Balaban J connectivity index is 2.02. The molecular weight excluding hydrogens is 230 g/mol. The molecule has 0 saturated heterocycles. The zero-order chi connectivity index (χ0) is 12.7. The average Bonchev–Trinajstić information content (AvgIpc) is 2.83. The van der Waals surface area contributed by atoms with Gasteiger partial charge in [0, 0.05) is 18.3 Å². The molecule has 1 heterocycles. The Morgan fingerprint density at radius 1 is 0.684 bits per heavy atom. The van der Waals surface area contributed by atoms with Crippen molar-refractivity contribution in [2.45, 2.75) is 5.92 Å². The van der Waals surface area contributed by atoms with Crippen molar-refractivity contribution in [2.24, 2.45) is 0 Å². The summed E-state index contributed by atoms with van der Waals surface area (Å²) in [5.74, 6) is 0.320. The third kappa shape index (κ3) is 1.52. The summed E-state index contributed by atoms with van der Waals surface area (Å²) in [6, 6.07) is 21.5. The van der Waals surface area contributed by atoms with E-state index in [-0.39, 0.29) is 0 Å². The molecular formula is C18H13N. The second kappa shape index (κ2) is 4.06. The third-order valence-electron chi connectivity index (χ3n) is 3.85. The van der Waals surface area contributed by atoms with Crippen LogP contribution in [0.5, 0.6) is 0 Å². The van der Waals surface area contributed by atoms with E-state index in [0.717, 1.165) is 0 Å². The zero-order valence-electron chi connectivity index (χ0n) is 10.5. The average molecular weight is 243 g/mol. The molecule has 0 aliphatic heterocycles. The molecule has 3 aromatic rings. The SMILES string of the molecule is c1cncc(C2c3ccccc3-c3ccccc32)c1. The van der Waals surface area contributed by atoms with Gasteiger partial charge < -0.3 is 0 Å². The fourth-order valence-corrected chi connectivity index (χ4v) is 3.06. The van der Waals surface area contributed by atoms with Gasteiger partial charge in [0.25, 0.3) is 0 Å². The van der Waals surface area contributed by atoms with Crippen molar-refractivity contribution in [3.05, 3.63) is 89.7 Å². The lowest BCUT2D eigenvalue weighted by Gasteiger charge is -2.13. The van der Waals surface area contributed by atoms with Crippen LogP contribution in [0.15, 0.2) is 73.1 Å². The van der Waals surface area contributed by atoms with Gasteiger partial charge in [0.2, 0.25) is 0 Å². The van der Waals surface area contributed by atoms with Gasteiger partial charge in [-0.2, -0.15) is 0 Å². The summed E-state index contributed by atoms with van der Waals surface area (Å²) in [6.07, 6.45) is 3.81. The maximum Gasteiger partial charge on any atom is 0.0367 e. The van der Waals surface area contributed by atoms with Gasteiger partial charge in [0.05, 0.1) is 0 Å². The molecule has 1 nitrogen and oxygen atoms in total. The molecule has 1 aromatic heterocycles. The quantitative estimate of drug-likeness (QED) is 0.487. The first-order chi connectivity index (χ1) is 9.45. The fourth-order valence-electron chi connectivity index (χ4n) is 3.06. The Hall–Kier alpha value is -2.41. The van der Waals surface area contributed by atoms with E-state index in [1.165, 1.54) is 27.8 Å². The van der Waals surface area contributed by atoms with E-state index in [2.05, 4.69) is 59.6 Å². The van der Waals surface area contributed by atoms with E-state index in [1.54, 1.807) is 0 Å². The molecule has 0 atom stereocenters. The van der Waals surface area contributed by atoms with E-state index >= 15 is 0 Å². The number of nitrogens with zero attached hydrogens (tertiary/aromatic N) is 1. The lowest BCUT2D eigenvalue weighted by atomic mass is 9.90. The van der Waals surface area contributed by atoms with Gasteiger partial charge in [0.1, 0.15) is 0 Å². The van der Waals surface area contributed by atoms with Crippen LogP contribution < -0.4 is 0 Å². The highest BCUT2D eigenvalue weighted by molar-refractivity contribution is 5.80. The van der Waals surface area contributed by atoms with Crippen LogP contribution in [0.1, 0.15) is 22.6 Å². The maximum atomic E-state index is 4.28. The molecule has 0 fully saturated rings. The summed E-state index contributed by atoms with van der Waals surface area (Å²) in [6.45, 7) is 0. The van der Waals surface area contributed by atoms with Gasteiger partial charge in [-0.15, -0.1) is 0 Å². The molecule has 1 aliphatic rings. The van der Waals surface area contributed by atoms with Crippen molar-refractivity contribution >= 4 is 0 Å². The maximum absolute atomic E-state index is 4.28. The molecule has 4 rings (SSSR count). The summed E-state index contributed by atoms with van der Waals surface area (Å²) in [5.41, 5.74) is 6.74. The second-order valence-electron chi connectivity index (χ2n) is 4.89. The summed E-state index contributed by atoms with van der Waals surface area (Å²) >= 11 is 0. The molecule has 0 amide bonds. The Bertz CT molecular complexity index is 686. The Morgan fingerprint density at radius 3 is 1.89 bits per heavy atom. The molecule has 19 heavy (non-hydrogen) atoms. The smallest absolute Gasteiger partial charge is 0.0367 e. The largest absolute Gasteiger partial charge is 0.264 e. The molecule has 0 unspecified atom stereocenters. The lowest BCUT2D eigenvalue weighted by Crippen LogP contribution is -1.99. The van der Waals surface area contributed by atoms with Gasteiger partial charge >= 0.3 is 0 Å². The van der Waals surface area contributed by atoms with Crippen molar-refractivity contribution in [2.75, 3.05) is 0 Å². The molecule has 1 heteroatoms. The molecule has 1 aliphatic carbocycles. The van der Waals surface area contributed by atoms with Crippen LogP contribution in [0.2, 0.25) is 0 Å². The predicted molar refractivity (Wildman–Crippen MR) is 77.1 cm³/mol. The van der Waals surface area contributed by atoms with Gasteiger partial charge in [-0.3, -0.25) is 4.98 Å². The van der Waals surface area contributed by atoms with Crippen molar-refractivity contribution < 1.29 is 0 Å². The van der Waals surface area contributed by atoms with Crippen LogP contribution in [0.3, 0.4) is 0 Å². The predicted octanol–water partition coefficient (Wildman–Crippen LogP) is 4.24. The highest BCUT2D eigenvalue weighted by Gasteiger charge is 2.28. The topological polar surface area (TPSA) is 12.9 Å². The minimum atomic E-state index is 0.320. The Labute approximate surface area is 112 Å². The molecule has 0 bridgehead atoms. The number of hydrogen-bond donors (Lipinski definition) is 0. The normalized spacial score (nSPS) is 13.1. The molecule has 0 N–H and O–H groups in total. The number of hydrogen-bond acceptors (Lipinski definition) is 1. The molecule has 0 radical (unpaired) electrons. The van der Waals surface area contributed by atoms with Crippen molar-refractivity contribution in [3.63, 3.8) is 0 Å². The Morgan fingerprint density at radius 2 is 1.32 bits per heavy atom. The fraction of sp³-hybridized carbons (Fsp3) is 0.0556. The summed E-state index contributed by atoms with van der Waals surface area (Å²) in [7, 11) is 0. The summed E-state index contributed by atoms with van der Waals surface area (Å²) < 4.78 is 0. The van der Waals surface area contributed by atoms with Crippen molar-refractivity contribution in [1.82, 2.24) is 4.98 Å². The number of benzene rings is 2. The summed E-state index contributed by atoms with van der Waals surface area (Å²) in [4.78, 5) is 4.28. The van der Waals surface area contributed by atoms with Crippen molar-refractivity contribution in [3.8, 4) is 11.1 Å². The highest BCUT2D eigenvalue weighted by atomic mass is 14.6. The van der Waals surface area contributed by atoms with E-state index < -0.39 is 0 Å². The van der Waals surface area contributed by atoms with E-state index in [0.29, 0.717) is 5.92 Å². The van der Waals surface area contributed by atoms with E-state index in [1.807, 2.05) is 18.5 Å². The minimum absolute atomic E-state index is 0.320. The first-order valence-corrected chi connectivity index (χ1v) is 6.53. The van der Waals surface area contributed by atoms with E-state index in [9.17, 15) is 0 Å². The molecule has 2 aromatic carbocycles. The molecule has 0 saturated carbocycles. The Kier molecular flexibility index (Phi) is 2.25. The third-order valence-corrected chi connectivity index (χ3v) is 3.85. The van der Waals surface area contributed by atoms with Gasteiger partial charge in [-0.1, -0.05) is 54.6 Å². The first kappa shape index (κ1) is 10.5. The van der Waals surface area contributed by atoms with Crippen LogP contribution in [-0.2, 0) is 0 Å². The number of aromatic nitrogens is 1. The van der Waals surface area contributed by atoms with Crippen LogP contribution in [-0.4, -0.2) is 4.98 Å².